The molecule has 0 aliphatic heterocycles. The zero-order valence-corrected chi connectivity index (χ0v) is 17.5. The third-order valence-corrected chi connectivity index (χ3v) is 4.43. The number of likely N-dealkylation sites (N-methyl/N-ethyl adjacent to an activating group) is 1. The summed E-state index contributed by atoms with van der Waals surface area (Å²) in [5.74, 6) is 1.02. The molecule has 0 bridgehead atoms. The smallest absolute Gasteiger partial charge is 0.259 e. The van der Waals surface area contributed by atoms with Crippen LogP contribution in [0.5, 0.6) is 5.75 Å². The molecule has 0 fully saturated rings. The van der Waals surface area contributed by atoms with Crippen LogP contribution in [0.1, 0.15) is 16.7 Å². The van der Waals surface area contributed by atoms with Gasteiger partial charge in [-0.1, -0.05) is 18.2 Å². The van der Waals surface area contributed by atoms with E-state index in [1.807, 2.05) is 37.3 Å². The molecule has 0 aromatic heterocycles. The molecule has 0 aliphatic rings. The Morgan fingerprint density at radius 2 is 1.97 bits per heavy atom. The van der Waals surface area contributed by atoms with Crippen molar-refractivity contribution in [2.45, 2.75) is 19.9 Å². The first-order valence-corrected chi connectivity index (χ1v) is 9.50. The number of halogens is 1. The number of carbonyl (C=O) groups excluding carboxylic acids is 1. The Morgan fingerprint density at radius 3 is 2.66 bits per heavy atom. The second kappa shape index (κ2) is 11.0. The molecule has 0 radical (unpaired) electrons. The van der Waals surface area contributed by atoms with E-state index in [1.54, 1.807) is 27.2 Å². The Bertz CT molecular complexity index is 852. The molecule has 29 heavy (non-hydrogen) atoms. The summed E-state index contributed by atoms with van der Waals surface area (Å²) in [6.45, 7) is 3.17. The predicted molar refractivity (Wildman–Crippen MR) is 114 cm³/mol. The van der Waals surface area contributed by atoms with Crippen LogP contribution in [0, 0.1) is 12.7 Å². The minimum atomic E-state index is -0.214. The van der Waals surface area contributed by atoms with Crippen LogP contribution in [-0.4, -0.2) is 51.1 Å². The van der Waals surface area contributed by atoms with Crippen LogP contribution in [0.2, 0.25) is 0 Å². The third kappa shape index (κ3) is 7.44. The van der Waals surface area contributed by atoms with E-state index in [9.17, 15) is 9.18 Å². The maximum atomic E-state index is 13.2. The quantitative estimate of drug-likeness (QED) is 0.528. The molecule has 0 saturated carbocycles. The van der Waals surface area contributed by atoms with Gasteiger partial charge in [-0.05, 0) is 54.3 Å². The normalized spacial score (nSPS) is 11.1. The number of aliphatic imine (C=N–C) groups is 1. The van der Waals surface area contributed by atoms with Crippen LogP contribution in [0.4, 0.5) is 4.39 Å². The standard InChI is InChI=1S/C22H29FN4O2/c1-16-12-19(23)9-8-18(16)10-11-25-22(24-2)26-14-17-6-5-7-20(13-17)29-15-21(28)27(3)4/h5-9,12-13H,10-11,14-15H2,1-4H3,(H2,24,25,26). The van der Waals surface area contributed by atoms with Gasteiger partial charge in [0.15, 0.2) is 12.6 Å². The molecule has 0 spiro atoms. The summed E-state index contributed by atoms with van der Waals surface area (Å²) < 4.78 is 18.7. The molecule has 0 heterocycles. The van der Waals surface area contributed by atoms with E-state index in [2.05, 4.69) is 15.6 Å². The summed E-state index contributed by atoms with van der Waals surface area (Å²) in [6.07, 6.45) is 0.774. The van der Waals surface area contributed by atoms with Crippen molar-refractivity contribution < 1.29 is 13.9 Å². The van der Waals surface area contributed by atoms with Crippen LogP contribution in [0.3, 0.4) is 0 Å². The van der Waals surface area contributed by atoms with Gasteiger partial charge in [0.2, 0.25) is 0 Å². The Balaban J connectivity index is 1.81. The Morgan fingerprint density at radius 1 is 1.17 bits per heavy atom. The molecule has 1 amide bonds. The van der Waals surface area contributed by atoms with E-state index >= 15 is 0 Å². The summed E-state index contributed by atoms with van der Waals surface area (Å²) in [7, 11) is 5.11. The van der Waals surface area contributed by atoms with Gasteiger partial charge in [-0.25, -0.2) is 4.39 Å². The average molecular weight is 400 g/mol. The first-order chi connectivity index (χ1) is 13.9. The molecule has 7 heteroatoms. The number of nitrogens with one attached hydrogen (secondary N) is 2. The minimum absolute atomic E-state index is 0.00983. The van der Waals surface area contributed by atoms with Crippen LogP contribution in [0.15, 0.2) is 47.5 Å². The van der Waals surface area contributed by atoms with E-state index in [-0.39, 0.29) is 18.3 Å². The molecule has 6 nitrogen and oxygen atoms in total. The van der Waals surface area contributed by atoms with Gasteiger partial charge in [-0.15, -0.1) is 0 Å². The summed E-state index contributed by atoms with van der Waals surface area (Å²) in [6, 6.07) is 12.4. The van der Waals surface area contributed by atoms with Gasteiger partial charge in [0.05, 0.1) is 0 Å². The zero-order chi connectivity index (χ0) is 21.2. The lowest BCUT2D eigenvalue weighted by molar-refractivity contribution is -0.130. The van der Waals surface area contributed by atoms with E-state index in [1.165, 1.54) is 11.0 Å². The van der Waals surface area contributed by atoms with Gasteiger partial charge in [-0.2, -0.15) is 0 Å². The predicted octanol–water partition coefficient (Wildman–Crippen LogP) is 2.51. The largest absolute Gasteiger partial charge is 0.484 e. The van der Waals surface area contributed by atoms with Gasteiger partial charge < -0.3 is 20.3 Å². The summed E-state index contributed by atoms with van der Waals surface area (Å²) in [5.41, 5.74) is 3.06. The zero-order valence-electron chi connectivity index (χ0n) is 17.5. The highest BCUT2D eigenvalue weighted by Gasteiger charge is 2.06. The highest BCUT2D eigenvalue weighted by molar-refractivity contribution is 5.79. The molecular weight excluding hydrogens is 371 g/mol. The van der Waals surface area contributed by atoms with E-state index in [4.69, 9.17) is 4.74 Å². The van der Waals surface area contributed by atoms with Crippen molar-refractivity contribution in [3.05, 3.63) is 65.0 Å². The van der Waals surface area contributed by atoms with E-state index in [0.717, 1.165) is 23.1 Å². The topological polar surface area (TPSA) is 66.0 Å². The fourth-order valence-electron chi connectivity index (χ4n) is 2.68. The summed E-state index contributed by atoms with van der Waals surface area (Å²) in [4.78, 5) is 17.4. The number of aryl methyl sites for hydroxylation is 1. The van der Waals surface area contributed by atoms with Crippen LogP contribution in [-0.2, 0) is 17.8 Å². The molecule has 2 rings (SSSR count). The molecule has 2 aromatic rings. The molecule has 156 valence electrons. The van der Waals surface area contributed by atoms with Gasteiger partial charge in [0.25, 0.3) is 5.91 Å². The lowest BCUT2D eigenvalue weighted by Crippen LogP contribution is -2.37. The molecule has 0 unspecified atom stereocenters. The summed E-state index contributed by atoms with van der Waals surface area (Å²) in [5, 5.41) is 6.52. The van der Waals surface area contributed by atoms with Crippen molar-refractivity contribution in [1.82, 2.24) is 15.5 Å². The summed E-state index contributed by atoms with van der Waals surface area (Å²) >= 11 is 0. The molecule has 2 aromatic carbocycles. The van der Waals surface area contributed by atoms with Crippen molar-refractivity contribution in [2.24, 2.45) is 4.99 Å². The van der Waals surface area contributed by atoms with Crippen molar-refractivity contribution >= 4 is 11.9 Å². The lowest BCUT2D eigenvalue weighted by Gasteiger charge is -2.14. The van der Waals surface area contributed by atoms with Crippen molar-refractivity contribution in [2.75, 3.05) is 34.3 Å². The number of hydrogen-bond acceptors (Lipinski definition) is 3. The molecule has 2 N–H and O–H groups in total. The first-order valence-electron chi connectivity index (χ1n) is 9.50. The van der Waals surface area contributed by atoms with Crippen molar-refractivity contribution in [3.8, 4) is 5.75 Å². The number of carbonyl (C=O) groups is 1. The minimum Gasteiger partial charge on any atom is -0.484 e. The Labute approximate surface area is 171 Å². The maximum Gasteiger partial charge on any atom is 0.259 e. The number of hydrogen-bond donors (Lipinski definition) is 2. The van der Waals surface area contributed by atoms with Gasteiger partial charge in [-0.3, -0.25) is 9.79 Å². The second-order valence-corrected chi connectivity index (χ2v) is 6.90. The van der Waals surface area contributed by atoms with Crippen LogP contribution >= 0.6 is 0 Å². The van der Waals surface area contributed by atoms with Crippen LogP contribution < -0.4 is 15.4 Å². The fourth-order valence-corrected chi connectivity index (χ4v) is 2.68. The molecular formula is C22H29FN4O2. The monoisotopic (exact) mass is 400 g/mol. The SMILES string of the molecule is CN=C(NCCc1ccc(F)cc1C)NCc1cccc(OCC(=O)N(C)C)c1. The Kier molecular flexibility index (Phi) is 8.45. The highest BCUT2D eigenvalue weighted by atomic mass is 19.1. The number of amides is 1. The fraction of sp³-hybridized carbons (Fsp3) is 0.364. The number of guanidine groups is 1. The van der Waals surface area contributed by atoms with E-state index < -0.39 is 0 Å². The molecule has 0 saturated heterocycles. The highest BCUT2D eigenvalue weighted by Crippen LogP contribution is 2.13. The van der Waals surface area contributed by atoms with Crippen molar-refractivity contribution in [3.63, 3.8) is 0 Å². The molecule has 0 atom stereocenters. The van der Waals surface area contributed by atoms with E-state index in [0.29, 0.717) is 24.8 Å². The van der Waals surface area contributed by atoms with Gasteiger partial charge in [0.1, 0.15) is 11.6 Å². The second-order valence-electron chi connectivity index (χ2n) is 6.90. The van der Waals surface area contributed by atoms with Crippen LogP contribution in [0.25, 0.3) is 0 Å². The third-order valence-electron chi connectivity index (χ3n) is 4.43. The maximum absolute atomic E-state index is 13.2. The average Bonchev–Trinajstić information content (AvgIpc) is 2.70. The lowest BCUT2D eigenvalue weighted by atomic mass is 10.1. The first kappa shape index (κ1) is 22.2. The van der Waals surface area contributed by atoms with Gasteiger partial charge >= 0.3 is 0 Å². The number of benzene rings is 2. The number of rotatable bonds is 8. The molecule has 0 aliphatic carbocycles. The number of ether oxygens (including phenoxy) is 1. The van der Waals surface area contributed by atoms with Crippen molar-refractivity contribution in [1.29, 1.82) is 0 Å². The Hall–Kier alpha value is -3.09. The van der Waals surface area contributed by atoms with Gasteiger partial charge in [0, 0.05) is 34.2 Å². The number of nitrogens with zero attached hydrogens (tertiary/aromatic N) is 2.